The van der Waals surface area contributed by atoms with Gasteiger partial charge in [0.15, 0.2) is 5.13 Å². The Kier molecular flexibility index (Phi) is 3.01. The number of thiazole rings is 1. The van der Waals surface area contributed by atoms with E-state index in [1.54, 1.807) is 17.4 Å². The summed E-state index contributed by atoms with van der Waals surface area (Å²) in [6, 6.07) is 4.67. The van der Waals surface area contributed by atoms with Gasteiger partial charge in [-0.2, -0.15) is 11.3 Å². The van der Waals surface area contributed by atoms with Crippen LogP contribution in [0, 0.1) is 12.7 Å². The first-order valence-electron chi connectivity index (χ1n) is 5.54. The molecule has 0 aliphatic heterocycles. The molecule has 0 fully saturated rings. The number of nitrogens with zero attached hydrogens (tertiary/aromatic N) is 1. The van der Waals surface area contributed by atoms with Gasteiger partial charge in [0.1, 0.15) is 5.82 Å². The van der Waals surface area contributed by atoms with Crippen LogP contribution in [0.4, 0.5) is 9.52 Å². The Morgan fingerprint density at radius 2 is 2.22 bits per heavy atom. The second-order valence-corrected chi connectivity index (χ2v) is 5.84. The van der Waals surface area contributed by atoms with Gasteiger partial charge in [-0.3, -0.25) is 0 Å². The summed E-state index contributed by atoms with van der Waals surface area (Å²) >= 11 is 3.18. The Bertz CT molecular complexity index is 687. The third-order valence-corrected chi connectivity index (χ3v) is 4.63. The van der Waals surface area contributed by atoms with E-state index in [1.165, 1.54) is 34.6 Å². The van der Waals surface area contributed by atoms with E-state index in [2.05, 4.69) is 28.0 Å². The number of halogens is 1. The van der Waals surface area contributed by atoms with Gasteiger partial charge in [0.25, 0.3) is 0 Å². The summed E-state index contributed by atoms with van der Waals surface area (Å²) in [6.45, 7) is 2.86. The highest BCUT2D eigenvalue weighted by Crippen LogP contribution is 2.27. The highest BCUT2D eigenvalue weighted by atomic mass is 32.1. The van der Waals surface area contributed by atoms with Crippen LogP contribution in [0.5, 0.6) is 0 Å². The molecule has 5 heteroatoms. The molecule has 0 unspecified atom stereocenters. The number of benzene rings is 1. The van der Waals surface area contributed by atoms with Crippen LogP contribution in [-0.4, -0.2) is 4.98 Å². The molecule has 1 aromatic carbocycles. The van der Waals surface area contributed by atoms with Crippen LogP contribution < -0.4 is 5.32 Å². The molecular weight excluding hydrogens is 267 g/mol. The molecule has 3 rings (SSSR count). The first-order chi connectivity index (χ1) is 8.72. The Balaban J connectivity index is 1.81. The molecule has 0 aliphatic rings. The summed E-state index contributed by atoms with van der Waals surface area (Å²) in [6.07, 6.45) is 0. The minimum absolute atomic E-state index is 0.216. The number of aryl methyl sites for hydroxylation is 1. The van der Waals surface area contributed by atoms with Crippen LogP contribution in [-0.2, 0) is 6.54 Å². The zero-order valence-corrected chi connectivity index (χ0v) is 11.4. The topological polar surface area (TPSA) is 24.9 Å². The summed E-state index contributed by atoms with van der Waals surface area (Å²) in [5.74, 6) is -0.216. The van der Waals surface area contributed by atoms with Crippen LogP contribution in [0.15, 0.2) is 29.0 Å². The predicted molar refractivity (Wildman–Crippen MR) is 76.0 cm³/mol. The Hall–Kier alpha value is -1.46. The second-order valence-electron chi connectivity index (χ2n) is 4.06. The first kappa shape index (κ1) is 11.6. The van der Waals surface area contributed by atoms with E-state index in [0.29, 0.717) is 0 Å². The van der Waals surface area contributed by atoms with Crippen LogP contribution in [0.2, 0.25) is 0 Å². The summed E-state index contributed by atoms with van der Waals surface area (Å²) < 4.78 is 13.9. The van der Waals surface area contributed by atoms with Gasteiger partial charge in [-0.05, 0) is 47.0 Å². The van der Waals surface area contributed by atoms with Gasteiger partial charge >= 0.3 is 0 Å². The highest BCUT2D eigenvalue weighted by molar-refractivity contribution is 7.22. The molecule has 0 atom stereocenters. The smallest absolute Gasteiger partial charge is 0.184 e. The maximum Gasteiger partial charge on any atom is 0.184 e. The SMILES string of the molecule is Cc1cscc1CNc1nc2ccc(F)cc2s1. The fourth-order valence-corrected chi connectivity index (χ4v) is 3.46. The molecule has 0 amide bonds. The van der Waals surface area contributed by atoms with Crippen molar-refractivity contribution in [3.63, 3.8) is 0 Å². The van der Waals surface area contributed by atoms with E-state index in [1.807, 2.05) is 0 Å². The van der Waals surface area contributed by atoms with Crippen molar-refractivity contribution in [2.24, 2.45) is 0 Å². The van der Waals surface area contributed by atoms with Crippen molar-refractivity contribution >= 4 is 38.0 Å². The Morgan fingerprint density at radius 3 is 3.00 bits per heavy atom. The van der Waals surface area contributed by atoms with Crippen LogP contribution in [0.1, 0.15) is 11.1 Å². The molecular formula is C13H11FN2S2. The molecule has 2 aromatic heterocycles. The quantitative estimate of drug-likeness (QED) is 0.767. The van der Waals surface area contributed by atoms with Crippen molar-refractivity contribution in [2.75, 3.05) is 5.32 Å². The lowest BCUT2D eigenvalue weighted by molar-refractivity contribution is 0.630. The third kappa shape index (κ3) is 2.23. The van der Waals surface area contributed by atoms with E-state index >= 15 is 0 Å². The fourth-order valence-electron chi connectivity index (χ4n) is 1.71. The molecule has 18 heavy (non-hydrogen) atoms. The summed E-state index contributed by atoms with van der Waals surface area (Å²) in [5, 5.41) is 8.39. The molecule has 1 N–H and O–H groups in total. The normalized spacial score (nSPS) is 11.0. The van der Waals surface area contributed by atoms with Gasteiger partial charge in [0.05, 0.1) is 10.2 Å². The van der Waals surface area contributed by atoms with Gasteiger partial charge in [-0.25, -0.2) is 9.37 Å². The summed E-state index contributed by atoms with van der Waals surface area (Å²) in [4.78, 5) is 4.43. The molecule has 0 spiro atoms. The Labute approximate surface area is 112 Å². The van der Waals surface area contributed by atoms with Gasteiger partial charge in [0, 0.05) is 6.54 Å². The standard InChI is InChI=1S/C13H11FN2S2/c1-8-6-17-7-9(8)5-15-13-16-11-3-2-10(14)4-12(11)18-13/h2-4,6-7H,5H2,1H3,(H,15,16). The molecule has 0 bridgehead atoms. The zero-order valence-electron chi connectivity index (χ0n) is 9.74. The van der Waals surface area contributed by atoms with E-state index in [0.717, 1.165) is 21.9 Å². The van der Waals surface area contributed by atoms with Gasteiger partial charge in [0.2, 0.25) is 0 Å². The number of hydrogen-bond acceptors (Lipinski definition) is 4. The van der Waals surface area contributed by atoms with E-state index in [9.17, 15) is 4.39 Å². The van der Waals surface area contributed by atoms with Crippen molar-refractivity contribution in [1.29, 1.82) is 0 Å². The summed E-state index contributed by atoms with van der Waals surface area (Å²) in [5.41, 5.74) is 3.41. The number of anilines is 1. The summed E-state index contributed by atoms with van der Waals surface area (Å²) in [7, 11) is 0. The fraction of sp³-hybridized carbons (Fsp3) is 0.154. The third-order valence-electron chi connectivity index (χ3n) is 2.74. The number of thiophene rings is 1. The molecule has 0 saturated carbocycles. The second kappa shape index (κ2) is 4.66. The minimum atomic E-state index is -0.216. The van der Waals surface area contributed by atoms with Crippen LogP contribution >= 0.6 is 22.7 Å². The van der Waals surface area contributed by atoms with E-state index in [-0.39, 0.29) is 5.82 Å². The largest absolute Gasteiger partial charge is 0.357 e. The van der Waals surface area contributed by atoms with E-state index < -0.39 is 0 Å². The molecule has 0 radical (unpaired) electrons. The zero-order chi connectivity index (χ0) is 12.5. The van der Waals surface area contributed by atoms with Crippen LogP contribution in [0.3, 0.4) is 0 Å². The van der Waals surface area contributed by atoms with Gasteiger partial charge in [-0.15, -0.1) is 0 Å². The Morgan fingerprint density at radius 1 is 1.33 bits per heavy atom. The van der Waals surface area contributed by atoms with E-state index in [4.69, 9.17) is 0 Å². The van der Waals surface area contributed by atoms with Gasteiger partial charge < -0.3 is 5.32 Å². The van der Waals surface area contributed by atoms with Crippen LogP contribution in [0.25, 0.3) is 10.2 Å². The van der Waals surface area contributed by atoms with Crippen molar-refractivity contribution in [3.05, 3.63) is 45.9 Å². The number of aromatic nitrogens is 1. The highest BCUT2D eigenvalue weighted by Gasteiger charge is 2.05. The predicted octanol–water partition coefficient (Wildman–Crippen LogP) is 4.42. The average molecular weight is 278 g/mol. The molecule has 2 heterocycles. The lowest BCUT2D eigenvalue weighted by Crippen LogP contribution is -1.98. The minimum Gasteiger partial charge on any atom is -0.357 e. The molecule has 2 nitrogen and oxygen atoms in total. The number of rotatable bonds is 3. The van der Waals surface area contributed by atoms with Crippen molar-refractivity contribution in [2.45, 2.75) is 13.5 Å². The van der Waals surface area contributed by atoms with Crippen molar-refractivity contribution < 1.29 is 4.39 Å². The molecule has 0 aliphatic carbocycles. The molecule has 3 aromatic rings. The van der Waals surface area contributed by atoms with Crippen molar-refractivity contribution in [1.82, 2.24) is 4.98 Å². The lowest BCUT2D eigenvalue weighted by atomic mass is 10.2. The molecule has 92 valence electrons. The first-order valence-corrected chi connectivity index (χ1v) is 7.30. The number of hydrogen-bond donors (Lipinski definition) is 1. The van der Waals surface area contributed by atoms with Gasteiger partial charge in [-0.1, -0.05) is 11.3 Å². The number of nitrogens with one attached hydrogen (secondary N) is 1. The lowest BCUT2D eigenvalue weighted by Gasteiger charge is -2.00. The van der Waals surface area contributed by atoms with Crippen molar-refractivity contribution in [3.8, 4) is 0 Å². The molecule has 0 saturated heterocycles. The average Bonchev–Trinajstić information content (AvgIpc) is 2.92. The number of fused-ring (bicyclic) bond motifs is 1. The monoisotopic (exact) mass is 278 g/mol. The maximum atomic E-state index is 13.1. The maximum absolute atomic E-state index is 13.1.